The molecule has 24 nitrogen and oxygen atoms in total. The minimum Gasteiger partial charge on any atom is -0.489 e. The van der Waals surface area contributed by atoms with E-state index in [-0.39, 0.29) is 88.1 Å². The molecule has 4 N–H and O–H groups in total. The number of ether oxygens (including phenoxy) is 6. The Bertz CT molecular complexity index is 3790. The van der Waals surface area contributed by atoms with Gasteiger partial charge in [0.15, 0.2) is 12.2 Å². The van der Waals surface area contributed by atoms with Crippen LogP contribution in [-0.2, 0) is 106 Å². The normalized spacial score (nSPS) is 20.4. The van der Waals surface area contributed by atoms with Gasteiger partial charge < -0.3 is 59.5 Å². The molecule has 24 heteroatoms. The van der Waals surface area contributed by atoms with Crippen molar-refractivity contribution in [2.75, 3.05) is 51.9 Å². The van der Waals surface area contributed by atoms with Gasteiger partial charge >= 0.3 is 23.9 Å². The lowest BCUT2D eigenvalue weighted by molar-refractivity contribution is -0.171. The maximum absolute atomic E-state index is 15.3. The van der Waals surface area contributed by atoms with E-state index < -0.39 is 120 Å². The van der Waals surface area contributed by atoms with Crippen LogP contribution in [0.25, 0.3) is 0 Å². The van der Waals surface area contributed by atoms with Gasteiger partial charge in [-0.05, 0) is 159 Å². The summed E-state index contributed by atoms with van der Waals surface area (Å²) in [6, 6.07) is 41.0. The monoisotopic (exact) mass is 1540 g/mol. The van der Waals surface area contributed by atoms with Crippen LogP contribution < -0.4 is 30.7 Å². The van der Waals surface area contributed by atoms with Crippen molar-refractivity contribution in [1.82, 2.24) is 30.2 Å². The van der Waals surface area contributed by atoms with Crippen molar-refractivity contribution in [3.8, 4) is 11.5 Å². The third-order valence-corrected chi connectivity index (χ3v) is 19.3. The van der Waals surface area contributed by atoms with Crippen molar-refractivity contribution in [2.45, 2.75) is 208 Å². The number of benzene rings is 6. The highest BCUT2D eigenvalue weighted by atomic mass is 16.6. The summed E-state index contributed by atoms with van der Waals surface area (Å²) in [6.07, 6.45) is -4.05. The van der Waals surface area contributed by atoms with Gasteiger partial charge in [0, 0.05) is 78.1 Å². The van der Waals surface area contributed by atoms with Gasteiger partial charge in [-0.3, -0.25) is 48.2 Å². The van der Waals surface area contributed by atoms with Gasteiger partial charge in [-0.15, -0.1) is 0 Å². The van der Waals surface area contributed by atoms with Crippen LogP contribution in [-0.4, -0.2) is 181 Å². The van der Waals surface area contributed by atoms with E-state index in [9.17, 15) is 28.8 Å². The lowest BCUT2D eigenvalue weighted by Crippen LogP contribution is -2.53. The first-order valence-corrected chi connectivity index (χ1v) is 38.8. The van der Waals surface area contributed by atoms with E-state index in [1.165, 1.54) is 37.7 Å². The predicted octanol–water partition coefficient (Wildman–Crippen LogP) is 11.1. The quantitative estimate of drug-likeness (QED) is 0.0262. The smallest absolute Gasteiger partial charge is 0.329 e. The van der Waals surface area contributed by atoms with Crippen molar-refractivity contribution in [1.29, 1.82) is 0 Å². The summed E-state index contributed by atoms with van der Waals surface area (Å²) in [5, 5.41) is 11.3. The molecule has 0 aliphatic carbocycles. The van der Waals surface area contributed by atoms with Crippen LogP contribution in [0.1, 0.15) is 142 Å². The average Bonchev–Trinajstić information content (AvgIpc) is 0.823. The molecule has 0 saturated carbocycles. The summed E-state index contributed by atoms with van der Waals surface area (Å²) in [5.41, 5.74) is 5.38. The summed E-state index contributed by atoms with van der Waals surface area (Å²) in [5.74, 6) is -5.40. The van der Waals surface area contributed by atoms with Crippen LogP contribution in [0.15, 0.2) is 158 Å². The van der Waals surface area contributed by atoms with E-state index in [2.05, 4.69) is 21.3 Å². The molecule has 0 spiro atoms. The molecular weight excluding hydrogens is 1430 g/mol. The molecule has 1 aliphatic rings. The Morgan fingerprint density at radius 1 is 0.393 bits per heavy atom. The van der Waals surface area contributed by atoms with Gasteiger partial charge in [0.25, 0.3) is 11.8 Å². The maximum atomic E-state index is 15.3. The number of nitrogens with one attached hydrogen (secondary N) is 4. The Balaban J connectivity index is 1.14. The molecule has 10 atom stereocenters. The Hall–Kier alpha value is -10.5. The lowest BCUT2D eigenvalue weighted by Gasteiger charge is -2.35. The molecular formula is C88H116N8O16. The van der Waals surface area contributed by atoms with E-state index in [0.29, 0.717) is 47.2 Å². The number of anilines is 2. The Morgan fingerprint density at radius 2 is 0.688 bits per heavy atom. The minimum absolute atomic E-state index is 0.00935. The zero-order valence-electron chi connectivity index (χ0n) is 67.9. The van der Waals surface area contributed by atoms with Crippen molar-refractivity contribution in [2.24, 2.45) is 23.7 Å². The second-order valence-corrected chi connectivity index (χ2v) is 31.2. The van der Waals surface area contributed by atoms with Crippen molar-refractivity contribution >= 4 is 70.7 Å². The van der Waals surface area contributed by atoms with Crippen LogP contribution >= 0.6 is 0 Å². The third kappa shape index (κ3) is 28.7. The van der Waals surface area contributed by atoms with Gasteiger partial charge in [-0.2, -0.15) is 0 Å². The summed E-state index contributed by atoms with van der Waals surface area (Å²) in [4.78, 5) is 149. The van der Waals surface area contributed by atoms with Crippen LogP contribution in [0.2, 0.25) is 0 Å². The fourth-order valence-electron chi connectivity index (χ4n) is 13.4. The van der Waals surface area contributed by atoms with Crippen LogP contribution in [0.4, 0.5) is 11.4 Å². The molecule has 1 heterocycles. The molecule has 6 aromatic rings. The number of cyclic esters (lactones) is 4. The first-order chi connectivity index (χ1) is 53.2. The summed E-state index contributed by atoms with van der Waals surface area (Å²) in [6.45, 7) is 22.0. The number of amides is 6. The lowest BCUT2D eigenvalue weighted by atomic mass is 10.00. The van der Waals surface area contributed by atoms with Crippen LogP contribution in [0.3, 0.4) is 0 Å². The molecule has 1 saturated heterocycles. The maximum Gasteiger partial charge on any atom is 0.329 e. The zero-order valence-corrected chi connectivity index (χ0v) is 67.9. The third-order valence-electron chi connectivity index (χ3n) is 19.3. The minimum atomic E-state index is -1.51. The fraction of sp³-hybridized carbons (Fsp3) is 0.477. The SMILES string of the molecule is CC(=O)NC(Cc1ccc(OCc2ccccc2)cc1)C(=O)Nc1ccc(CC2OC(=O)C(CC(C)C)N(C)CC(C)OC(=O)C(CC(C)C)N(C)C(=O)C(Cc3ccc(NC(=O)C(Cc4ccc(OCc5ccccc5)cc4)NC(C)=O)cc3)OC(=O)C(CC(C)C)N(C)CC(C)OC(=O)C(CC(C)C)N(C)C2=O)cc1. The van der Waals surface area contributed by atoms with E-state index in [4.69, 9.17) is 28.4 Å². The highest BCUT2D eigenvalue weighted by molar-refractivity contribution is 5.98. The van der Waals surface area contributed by atoms with Crippen LogP contribution in [0, 0.1) is 23.7 Å². The highest BCUT2D eigenvalue weighted by Crippen LogP contribution is 2.27. The molecule has 0 aromatic heterocycles. The molecule has 6 amide bonds. The van der Waals surface area contributed by atoms with Gasteiger partial charge in [0.05, 0.1) is 0 Å². The Labute approximate surface area is 660 Å². The van der Waals surface area contributed by atoms with Gasteiger partial charge in [-0.1, -0.05) is 165 Å². The first kappa shape index (κ1) is 88.8. The molecule has 1 aliphatic heterocycles. The molecule has 6 aromatic carbocycles. The number of carbonyl (C=O) groups is 10. The number of esters is 4. The molecule has 0 radical (unpaired) electrons. The standard InChI is InChI=1S/C88H116N8O16/c1-55(2)43-75-85(103)111-79(49-65-27-35-69(36-28-65)91-81(99)73(89-61(11)97)47-63-31-39-71(40-32-63)107-53-67-23-19-17-20-24-67)83(101)95(15)78(46-58(7)8)88(106)110-60(10)52-94(14)76(44-56(3)4)86(104)112-80(84(102)96(16)77(45-57(5)6)87(105)109-59(9)51-93(75)13)50-66-29-37-70(38-30-66)92-82(100)74(90-62(12)98)48-64-33-41-72(42-34-64)108-54-68-25-21-18-22-26-68/h17-42,55-60,73-80H,43-54H2,1-16H3,(H,89,97)(H,90,98)(H,91,99)(H,92,100). The van der Waals surface area contributed by atoms with E-state index in [0.717, 1.165) is 22.3 Å². The first-order valence-electron chi connectivity index (χ1n) is 38.8. The molecule has 10 unspecified atom stereocenters. The molecule has 112 heavy (non-hydrogen) atoms. The van der Waals surface area contributed by atoms with Gasteiger partial charge in [-0.25, -0.2) is 9.59 Å². The molecule has 0 bridgehead atoms. The van der Waals surface area contributed by atoms with Gasteiger partial charge in [0.1, 0.15) is 73.2 Å². The topological polar surface area (TPSA) is 287 Å². The average molecular weight is 1540 g/mol. The molecule has 604 valence electrons. The van der Waals surface area contributed by atoms with Crippen molar-refractivity contribution in [3.05, 3.63) is 191 Å². The molecule has 1 fully saturated rings. The predicted molar refractivity (Wildman–Crippen MR) is 429 cm³/mol. The fourth-order valence-corrected chi connectivity index (χ4v) is 13.4. The Morgan fingerprint density at radius 3 is 0.991 bits per heavy atom. The van der Waals surface area contributed by atoms with E-state index in [1.54, 1.807) is 86.3 Å². The van der Waals surface area contributed by atoms with Crippen molar-refractivity contribution in [3.63, 3.8) is 0 Å². The second kappa shape index (κ2) is 43.4. The largest absolute Gasteiger partial charge is 0.489 e. The summed E-state index contributed by atoms with van der Waals surface area (Å²) >= 11 is 0. The second-order valence-electron chi connectivity index (χ2n) is 31.2. The number of likely N-dealkylation sites (N-methyl/N-ethyl adjacent to an activating group) is 4. The van der Waals surface area contributed by atoms with Gasteiger partial charge in [0.2, 0.25) is 23.6 Å². The van der Waals surface area contributed by atoms with Crippen molar-refractivity contribution < 1.29 is 76.4 Å². The number of hydrogen-bond donors (Lipinski definition) is 4. The van der Waals surface area contributed by atoms with E-state index >= 15 is 19.2 Å². The van der Waals surface area contributed by atoms with Crippen LogP contribution in [0.5, 0.6) is 11.5 Å². The van der Waals surface area contributed by atoms with E-state index in [1.807, 2.05) is 165 Å². The number of nitrogens with zero attached hydrogens (tertiary/aromatic N) is 4. The summed E-state index contributed by atoms with van der Waals surface area (Å²) in [7, 11) is 6.29. The number of hydrogen-bond acceptors (Lipinski definition) is 18. The molecule has 7 rings (SSSR count). The zero-order chi connectivity index (χ0) is 81.9. The summed E-state index contributed by atoms with van der Waals surface area (Å²) < 4.78 is 37.1. The number of carbonyl (C=O) groups excluding carboxylic acids is 10. The Kier molecular flexibility index (Phi) is 34.4. The highest BCUT2D eigenvalue weighted by Gasteiger charge is 2.41. The number of rotatable bonds is 28.